The molecule has 1 amide bonds. The Morgan fingerprint density at radius 2 is 1.87 bits per heavy atom. The smallest absolute Gasteiger partial charge is 0.286 e. The molecule has 1 aromatic heterocycles. The summed E-state index contributed by atoms with van der Waals surface area (Å²) in [5.74, 6) is -0.367. The number of rotatable bonds is 5. The summed E-state index contributed by atoms with van der Waals surface area (Å²) in [7, 11) is -3.47. The predicted molar refractivity (Wildman–Crippen MR) is 116 cm³/mol. The first-order valence-corrected chi connectivity index (χ1v) is 12.4. The maximum Gasteiger partial charge on any atom is 0.286 e. The highest BCUT2D eigenvalue weighted by Crippen LogP contribution is 2.32. The fourth-order valence-electron chi connectivity index (χ4n) is 4.12. The number of anilines is 1. The minimum atomic E-state index is -3.47. The van der Waals surface area contributed by atoms with E-state index >= 15 is 0 Å². The summed E-state index contributed by atoms with van der Waals surface area (Å²) in [6.07, 6.45) is 1.58. The number of hydrogen-bond donors (Lipinski definition) is 3. The molecule has 2 saturated heterocycles. The van der Waals surface area contributed by atoms with E-state index in [4.69, 9.17) is 0 Å². The average molecular weight is 451 g/mol. The Hall–Kier alpha value is -1.92. The van der Waals surface area contributed by atoms with Gasteiger partial charge in [0.25, 0.3) is 5.91 Å². The summed E-state index contributed by atoms with van der Waals surface area (Å²) in [5.41, 5.74) is 6.74. The number of amides is 1. The van der Waals surface area contributed by atoms with Gasteiger partial charge in [-0.05, 0) is 38.8 Å². The van der Waals surface area contributed by atoms with Crippen LogP contribution < -0.4 is 16.2 Å². The molecule has 0 spiro atoms. The van der Waals surface area contributed by atoms with Crippen molar-refractivity contribution in [3.8, 4) is 0 Å². The first kappa shape index (κ1) is 21.3. The minimum Gasteiger partial charge on any atom is -0.320 e. The van der Waals surface area contributed by atoms with Crippen molar-refractivity contribution in [1.82, 2.24) is 25.4 Å². The van der Waals surface area contributed by atoms with Gasteiger partial charge in [0.15, 0.2) is 0 Å². The van der Waals surface area contributed by atoms with Crippen molar-refractivity contribution >= 4 is 33.0 Å². The van der Waals surface area contributed by atoms with Crippen molar-refractivity contribution in [2.24, 2.45) is 0 Å². The first-order valence-electron chi connectivity index (χ1n) is 10.1. The molecule has 11 heteroatoms. The lowest BCUT2D eigenvalue weighted by Gasteiger charge is -2.34. The van der Waals surface area contributed by atoms with Crippen LogP contribution in [0.15, 0.2) is 30.3 Å². The third-order valence-electron chi connectivity index (χ3n) is 5.63. The summed E-state index contributed by atoms with van der Waals surface area (Å²) in [6, 6.07) is 8.84. The zero-order valence-corrected chi connectivity index (χ0v) is 18.5. The standard InChI is InChI=1S/C19H26N6O3S2/c1-12-16(13(2)22-21-12)30(27,28)25-10-6-7-14(11-25)18-23-24-19(29-18)17(26)20-15-8-4-3-5-9-15/h3-5,8-9,12-14,16,21-22H,6-7,10-11H2,1-2H3,(H,20,26). The molecule has 0 radical (unpaired) electrons. The van der Waals surface area contributed by atoms with Gasteiger partial charge in [-0.1, -0.05) is 29.5 Å². The van der Waals surface area contributed by atoms with E-state index in [1.54, 1.807) is 16.4 Å². The summed E-state index contributed by atoms with van der Waals surface area (Å²) >= 11 is 1.23. The van der Waals surface area contributed by atoms with E-state index < -0.39 is 15.3 Å². The summed E-state index contributed by atoms with van der Waals surface area (Å²) in [6.45, 7) is 4.63. The van der Waals surface area contributed by atoms with Crippen molar-refractivity contribution < 1.29 is 13.2 Å². The molecule has 3 unspecified atom stereocenters. The van der Waals surface area contributed by atoms with Crippen molar-refractivity contribution in [3.63, 3.8) is 0 Å². The van der Waals surface area contributed by atoms with Gasteiger partial charge in [-0.3, -0.25) is 15.6 Å². The van der Waals surface area contributed by atoms with Crippen LogP contribution in [-0.4, -0.2) is 59.3 Å². The van der Waals surface area contributed by atoms with Gasteiger partial charge in [0.05, 0.1) is 0 Å². The van der Waals surface area contributed by atoms with Crippen molar-refractivity contribution in [2.75, 3.05) is 18.4 Å². The third kappa shape index (κ3) is 4.26. The quantitative estimate of drug-likeness (QED) is 0.633. The molecular weight excluding hydrogens is 424 g/mol. The molecule has 2 aliphatic rings. The largest absolute Gasteiger partial charge is 0.320 e. The van der Waals surface area contributed by atoms with Gasteiger partial charge in [-0.15, -0.1) is 10.2 Å². The summed E-state index contributed by atoms with van der Waals surface area (Å²) in [5, 5.41) is 11.5. The lowest BCUT2D eigenvalue weighted by atomic mass is 10.0. The lowest BCUT2D eigenvalue weighted by molar-refractivity contribution is 0.102. The maximum absolute atomic E-state index is 13.3. The number of nitrogens with one attached hydrogen (secondary N) is 3. The van der Waals surface area contributed by atoms with Crippen molar-refractivity contribution in [2.45, 2.75) is 49.9 Å². The molecule has 0 saturated carbocycles. The van der Waals surface area contributed by atoms with Gasteiger partial charge in [0, 0.05) is 36.8 Å². The SMILES string of the molecule is CC1NNC(C)C1S(=O)(=O)N1CCCC(c2nnc(C(=O)Nc3ccccc3)s2)C1. The number of para-hydroxylation sites is 1. The minimum absolute atomic E-state index is 0.0581. The van der Waals surface area contributed by atoms with Crippen molar-refractivity contribution in [3.05, 3.63) is 40.3 Å². The van der Waals surface area contributed by atoms with E-state index in [9.17, 15) is 13.2 Å². The Kier molecular flexibility index (Phi) is 6.16. The number of hydrazine groups is 1. The van der Waals surface area contributed by atoms with E-state index in [2.05, 4.69) is 26.4 Å². The number of nitrogens with zero attached hydrogens (tertiary/aromatic N) is 3. The molecule has 2 fully saturated rings. The first-order chi connectivity index (χ1) is 14.4. The molecule has 3 N–H and O–H groups in total. The van der Waals surface area contributed by atoms with Crippen LogP contribution in [0.1, 0.15) is 47.4 Å². The second-order valence-corrected chi connectivity index (χ2v) is 10.9. The van der Waals surface area contributed by atoms with Gasteiger partial charge in [-0.2, -0.15) is 0 Å². The molecule has 3 heterocycles. The van der Waals surface area contributed by atoms with Gasteiger partial charge in [0.2, 0.25) is 15.0 Å². The lowest BCUT2D eigenvalue weighted by Crippen LogP contribution is -2.49. The fraction of sp³-hybridized carbons (Fsp3) is 0.526. The fourth-order valence-corrected chi connectivity index (χ4v) is 7.27. The molecule has 2 aliphatic heterocycles. The van der Waals surface area contributed by atoms with Crippen LogP contribution in [-0.2, 0) is 10.0 Å². The van der Waals surface area contributed by atoms with Crippen LogP contribution in [0.25, 0.3) is 0 Å². The molecule has 1 aromatic carbocycles. The monoisotopic (exact) mass is 450 g/mol. The molecule has 4 rings (SSSR count). The zero-order valence-electron chi connectivity index (χ0n) is 16.9. The number of benzene rings is 1. The Bertz CT molecular complexity index is 987. The number of hydrogen-bond acceptors (Lipinski definition) is 8. The van der Waals surface area contributed by atoms with Gasteiger partial charge in [-0.25, -0.2) is 12.7 Å². The number of sulfonamides is 1. The van der Waals surface area contributed by atoms with E-state index in [1.165, 1.54) is 11.3 Å². The molecule has 0 bridgehead atoms. The molecular formula is C19H26N6O3S2. The topological polar surface area (TPSA) is 116 Å². The number of aromatic nitrogens is 2. The Morgan fingerprint density at radius 3 is 2.57 bits per heavy atom. The second-order valence-electron chi connectivity index (χ2n) is 7.84. The molecule has 0 aliphatic carbocycles. The van der Waals surface area contributed by atoms with Gasteiger partial charge >= 0.3 is 0 Å². The van der Waals surface area contributed by atoms with Crippen molar-refractivity contribution in [1.29, 1.82) is 0 Å². The molecule has 9 nitrogen and oxygen atoms in total. The highest BCUT2D eigenvalue weighted by atomic mass is 32.2. The van der Waals surface area contributed by atoms with E-state index in [0.29, 0.717) is 23.8 Å². The molecule has 30 heavy (non-hydrogen) atoms. The summed E-state index contributed by atoms with van der Waals surface area (Å²) in [4.78, 5) is 12.5. The number of carbonyl (C=O) groups is 1. The van der Waals surface area contributed by atoms with E-state index in [0.717, 1.165) is 12.8 Å². The second kappa shape index (κ2) is 8.67. The molecule has 162 valence electrons. The van der Waals surface area contributed by atoms with E-state index in [1.807, 2.05) is 32.0 Å². The zero-order chi connectivity index (χ0) is 21.3. The van der Waals surface area contributed by atoms with E-state index in [-0.39, 0.29) is 28.9 Å². The highest BCUT2D eigenvalue weighted by molar-refractivity contribution is 7.89. The van der Waals surface area contributed by atoms with Crippen LogP contribution in [0.2, 0.25) is 0 Å². The third-order valence-corrected chi connectivity index (χ3v) is 9.27. The van der Waals surface area contributed by atoms with Crippen LogP contribution in [0, 0.1) is 0 Å². The van der Waals surface area contributed by atoms with Gasteiger partial charge in [0.1, 0.15) is 10.3 Å². The molecule has 2 aromatic rings. The van der Waals surface area contributed by atoms with Gasteiger partial charge < -0.3 is 5.32 Å². The van der Waals surface area contributed by atoms with Crippen LogP contribution in [0.4, 0.5) is 5.69 Å². The Balaban J connectivity index is 1.46. The predicted octanol–water partition coefficient (Wildman–Crippen LogP) is 1.55. The van der Waals surface area contributed by atoms with Crippen LogP contribution >= 0.6 is 11.3 Å². The highest BCUT2D eigenvalue weighted by Gasteiger charge is 2.44. The normalized spacial score (nSPS) is 27.8. The Labute approximate surface area is 180 Å². The van der Waals surface area contributed by atoms with Crippen LogP contribution in [0.5, 0.6) is 0 Å². The molecule has 3 atom stereocenters. The number of carbonyl (C=O) groups excluding carboxylic acids is 1. The Morgan fingerprint density at radius 1 is 1.17 bits per heavy atom. The summed E-state index contributed by atoms with van der Waals surface area (Å²) < 4.78 is 28.1. The van der Waals surface area contributed by atoms with Crippen LogP contribution in [0.3, 0.4) is 0 Å². The number of piperidine rings is 1. The average Bonchev–Trinajstić information content (AvgIpc) is 3.36. The maximum atomic E-state index is 13.3.